The first-order valence-corrected chi connectivity index (χ1v) is 9.70. The molecule has 0 aliphatic heterocycles. The molecule has 0 heterocycles. The molecule has 2 rings (SSSR count). The second-order valence-electron chi connectivity index (χ2n) is 4.97. The van der Waals surface area contributed by atoms with Crippen molar-refractivity contribution in [3.8, 4) is 0 Å². The Balaban J connectivity index is 2.90. The van der Waals surface area contributed by atoms with Crippen molar-refractivity contribution < 1.29 is 43.2 Å². The Hall–Kier alpha value is -2.28. The summed E-state index contributed by atoms with van der Waals surface area (Å²) in [5.41, 5.74) is -13.8. The molecule has 0 bridgehead atoms. The third kappa shape index (κ3) is 3.74. The Bertz CT molecular complexity index is 1030. The molecule has 27 heavy (non-hydrogen) atoms. The fourth-order valence-corrected chi connectivity index (χ4v) is 4.08. The summed E-state index contributed by atoms with van der Waals surface area (Å²) in [5.74, 6) is 0. The zero-order chi connectivity index (χ0) is 20.7. The predicted molar refractivity (Wildman–Crippen MR) is 83.2 cm³/mol. The lowest BCUT2D eigenvalue weighted by Crippen LogP contribution is -2.39. The van der Waals surface area contributed by atoms with Crippen molar-refractivity contribution in [2.45, 2.75) is 15.9 Å². The lowest BCUT2D eigenvalue weighted by atomic mass is 10.2. The van der Waals surface area contributed by atoms with Gasteiger partial charge in [0.25, 0.3) is 9.84 Å². The average Bonchev–Trinajstić information content (AvgIpc) is 2.54. The molecule has 0 aromatic heterocycles. The lowest BCUT2D eigenvalue weighted by molar-refractivity contribution is -0.0438. The van der Waals surface area contributed by atoms with Crippen LogP contribution in [-0.4, -0.2) is 27.9 Å². The Labute approximate surface area is 149 Å². The number of sulfonamides is 1. The maximum atomic E-state index is 13.1. The van der Waals surface area contributed by atoms with Crippen LogP contribution in [0.4, 0.5) is 37.7 Å². The van der Waals surface area contributed by atoms with Gasteiger partial charge in [0.1, 0.15) is 4.90 Å². The number of rotatable bonds is 4. The summed E-state index contributed by atoms with van der Waals surface area (Å²) >= 11 is 0. The normalized spacial score (nSPS) is 13.4. The molecule has 2 aromatic carbocycles. The van der Waals surface area contributed by atoms with Crippen molar-refractivity contribution in [1.82, 2.24) is 0 Å². The van der Waals surface area contributed by atoms with E-state index in [1.807, 2.05) is 0 Å². The van der Waals surface area contributed by atoms with Gasteiger partial charge in [-0.25, -0.2) is 12.7 Å². The predicted octanol–water partition coefficient (Wildman–Crippen LogP) is 3.97. The largest absolute Gasteiger partial charge is 0.517 e. The number of para-hydroxylation sites is 2. The van der Waals surface area contributed by atoms with Crippen molar-refractivity contribution in [3.63, 3.8) is 0 Å². The topological polar surface area (TPSA) is 71.5 Å². The Morgan fingerprint density at radius 2 is 1.15 bits per heavy atom. The highest BCUT2D eigenvalue weighted by atomic mass is 32.2. The van der Waals surface area contributed by atoms with Gasteiger partial charge in [-0.05, 0) is 24.3 Å². The summed E-state index contributed by atoms with van der Waals surface area (Å²) in [6, 6.07) is 7.98. The molecule has 0 saturated heterocycles. The molecular formula is C14H9F6NO4S2. The van der Waals surface area contributed by atoms with Crippen LogP contribution in [0.2, 0.25) is 0 Å². The van der Waals surface area contributed by atoms with Crippen LogP contribution < -0.4 is 4.31 Å². The van der Waals surface area contributed by atoms with Crippen molar-refractivity contribution in [3.05, 3.63) is 54.6 Å². The van der Waals surface area contributed by atoms with Gasteiger partial charge >= 0.3 is 21.0 Å². The van der Waals surface area contributed by atoms with Crippen LogP contribution in [0.5, 0.6) is 0 Å². The van der Waals surface area contributed by atoms with Crippen LogP contribution in [0.1, 0.15) is 0 Å². The summed E-state index contributed by atoms with van der Waals surface area (Å²) in [5, 5.41) is 0. The monoisotopic (exact) mass is 433 g/mol. The SMILES string of the molecule is O=S(=O)(c1ccccc1N(c1ccccc1)S(=O)(=O)C(F)(F)F)C(F)(F)F. The summed E-state index contributed by atoms with van der Waals surface area (Å²) in [6.07, 6.45) is 0. The van der Waals surface area contributed by atoms with Gasteiger partial charge in [0.05, 0.1) is 11.4 Å². The third-order valence-electron chi connectivity index (χ3n) is 3.20. The first kappa shape index (κ1) is 21.0. The van der Waals surface area contributed by atoms with E-state index in [0.29, 0.717) is 12.1 Å². The summed E-state index contributed by atoms with van der Waals surface area (Å²) in [4.78, 5) is -1.63. The molecule has 148 valence electrons. The van der Waals surface area contributed by atoms with Gasteiger partial charge < -0.3 is 0 Å². The maximum absolute atomic E-state index is 13.1. The van der Waals surface area contributed by atoms with E-state index < -0.39 is 51.5 Å². The molecule has 0 radical (unpaired) electrons. The standard InChI is InChI=1S/C14H9F6NO4S2/c15-13(16,17)26(22,23)12-9-5-4-8-11(12)21(10-6-2-1-3-7-10)27(24,25)14(18,19)20/h1-9H. The Morgan fingerprint density at radius 1 is 0.667 bits per heavy atom. The van der Waals surface area contributed by atoms with Gasteiger partial charge in [0, 0.05) is 0 Å². The Morgan fingerprint density at radius 3 is 1.63 bits per heavy atom. The smallest absolute Gasteiger partial charge is 0.230 e. The van der Waals surface area contributed by atoms with Gasteiger partial charge in [0.15, 0.2) is 0 Å². The number of anilines is 2. The molecule has 0 atom stereocenters. The molecule has 0 fully saturated rings. The van der Waals surface area contributed by atoms with E-state index in [9.17, 15) is 43.2 Å². The zero-order valence-corrected chi connectivity index (χ0v) is 14.5. The maximum Gasteiger partial charge on any atom is 0.517 e. The first-order valence-electron chi connectivity index (χ1n) is 6.78. The van der Waals surface area contributed by atoms with Gasteiger partial charge in [-0.2, -0.15) is 34.8 Å². The fraction of sp³-hybridized carbons (Fsp3) is 0.143. The van der Waals surface area contributed by atoms with Crippen molar-refractivity contribution >= 4 is 31.2 Å². The molecule has 0 saturated carbocycles. The molecule has 5 nitrogen and oxygen atoms in total. The molecule has 2 aromatic rings. The average molecular weight is 433 g/mol. The lowest BCUT2D eigenvalue weighted by Gasteiger charge is -2.27. The van der Waals surface area contributed by atoms with E-state index in [1.54, 1.807) is 0 Å². The number of halogens is 6. The number of alkyl halides is 6. The second kappa shape index (κ2) is 6.71. The van der Waals surface area contributed by atoms with Crippen LogP contribution in [0.15, 0.2) is 59.5 Å². The minimum atomic E-state index is -6.27. The summed E-state index contributed by atoms with van der Waals surface area (Å²) < 4.78 is 125. The molecule has 0 amide bonds. The van der Waals surface area contributed by atoms with E-state index in [-0.39, 0.29) is 0 Å². The van der Waals surface area contributed by atoms with Gasteiger partial charge in [0.2, 0.25) is 0 Å². The van der Waals surface area contributed by atoms with Crippen LogP contribution in [0.25, 0.3) is 0 Å². The molecule has 0 unspecified atom stereocenters. The Kier molecular flexibility index (Phi) is 5.22. The van der Waals surface area contributed by atoms with Crippen LogP contribution in [-0.2, 0) is 19.9 Å². The third-order valence-corrected chi connectivity index (χ3v) is 6.21. The van der Waals surface area contributed by atoms with Crippen molar-refractivity contribution in [1.29, 1.82) is 0 Å². The highest BCUT2D eigenvalue weighted by molar-refractivity contribution is 7.94. The summed E-state index contributed by atoms with van der Waals surface area (Å²) in [6.45, 7) is 0. The molecular weight excluding hydrogens is 424 g/mol. The number of nitrogens with zero attached hydrogens (tertiary/aromatic N) is 1. The quantitative estimate of drug-likeness (QED) is 0.685. The van der Waals surface area contributed by atoms with E-state index in [4.69, 9.17) is 0 Å². The number of benzene rings is 2. The van der Waals surface area contributed by atoms with E-state index in [1.165, 1.54) is 6.07 Å². The minimum Gasteiger partial charge on any atom is -0.230 e. The molecule has 0 N–H and O–H groups in total. The zero-order valence-electron chi connectivity index (χ0n) is 12.9. The van der Waals surface area contributed by atoms with Gasteiger partial charge in [-0.15, -0.1) is 0 Å². The highest BCUT2D eigenvalue weighted by Crippen LogP contribution is 2.42. The molecule has 0 aliphatic rings. The van der Waals surface area contributed by atoms with Gasteiger partial charge in [-0.1, -0.05) is 30.3 Å². The van der Waals surface area contributed by atoms with E-state index in [0.717, 1.165) is 36.4 Å². The molecule has 0 aliphatic carbocycles. The number of sulfone groups is 1. The van der Waals surface area contributed by atoms with Crippen molar-refractivity contribution in [2.24, 2.45) is 0 Å². The molecule has 0 spiro atoms. The fourth-order valence-electron chi connectivity index (χ4n) is 2.05. The number of hydrogen-bond donors (Lipinski definition) is 0. The van der Waals surface area contributed by atoms with Crippen molar-refractivity contribution in [2.75, 3.05) is 4.31 Å². The molecule has 13 heteroatoms. The first-order chi connectivity index (χ1) is 12.2. The number of hydrogen-bond acceptors (Lipinski definition) is 4. The second-order valence-corrected chi connectivity index (χ2v) is 8.66. The van der Waals surface area contributed by atoms with Crippen LogP contribution >= 0.6 is 0 Å². The van der Waals surface area contributed by atoms with Gasteiger partial charge in [-0.3, -0.25) is 0 Å². The highest BCUT2D eigenvalue weighted by Gasteiger charge is 2.54. The van der Waals surface area contributed by atoms with E-state index >= 15 is 0 Å². The van der Waals surface area contributed by atoms with E-state index in [2.05, 4.69) is 0 Å². The summed E-state index contributed by atoms with van der Waals surface area (Å²) in [7, 11) is -12.4. The van der Waals surface area contributed by atoms with Crippen LogP contribution in [0, 0.1) is 0 Å². The minimum absolute atomic E-state index is 0.375. The van der Waals surface area contributed by atoms with Crippen LogP contribution in [0.3, 0.4) is 0 Å².